The molecule has 21 heavy (non-hydrogen) atoms. The lowest BCUT2D eigenvalue weighted by atomic mass is 10.2. The second kappa shape index (κ2) is 10.1. The molecule has 1 rings (SSSR count). The van der Waals surface area contributed by atoms with Gasteiger partial charge in [-0.15, -0.1) is 0 Å². The number of carbonyl (C=O) groups is 1. The van der Waals surface area contributed by atoms with Crippen LogP contribution in [0.2, 0.25) is 0 Å². The summed E-state index contributed by atoms with van der Waals surface area (Å²) >= 11 is 0. The Balaban J connectivity index is 2.14. The van der Waals surface area contributed by atoms with E-state index in [9.17, 15) is 4.79 Å². The highest BCUT2D eigenvalue weighted by Crippen LogP contribution is 2.15. The number of ether oxygens (including phenoxy) is 1. The van der Waals surface area contributed by atoms with E-state index >= 15 is 0 Å². The van der Waals surface area contributed by atoms with Gasteiger partial charge in [0.15, 0.2) is 0 Å². The lowest BCUT2D eigenvalue weighted by Gasteiger charge is -2.22. The van der Waals surface area contributed by atoms with Gasteiger partial charge in [-0.1, -0.05) is 0 Å². The van der Waals surface area contributed by atoms with Crippen LogP contribution < -0.4 is 5.32 Å². The maximum atomic E-state index is 11.8. The van der Waals surface area contributed by atoms with Gasteiger partial charge in [0, 0.05) is 12.6 Å². The van der Waals surface area contributed by atoms with Gasteiger partial charge in [0.1, 0.15) is 6.04 Å². The summed E-state index contributed by atoms with van der Waals surface area (Å²) in [6, 6.07) is 0.216. The molecule has 2 atom stereocenters. The lowest BCUT2D eigenvalue weighted by Crippen LogP contribution is -2.42. The number of unbranched alkanes of at least 4 members (excludes halogenated alkanes) is 2. The highest BCUT2D eigenvalue weighted by Gasteiger charge is 2.30. The molecule has 1 aliphatic heterocycles. The maximum Gasteiger partial charge on any atom is 0.323 e. The van der Waals surface area contributed by atoms with Crippen molar-refractivity contribution in [2.75, 3.05) is 26.7 Å². The average molecular weight is 302 g/mol. The van der Waals surface area contributed by atoms with Crippen molar-refractivity contribution < 1.29 is 19.7 Å². The van der Waals surface area contributed by atoms with Crippen molar-refractivity contribution in [3.63, 3.8) is 0 Å². The number of rotatable bonds is 10. The van der Waals surface area contributed by atoms with Crippen LogP contribution in [0.4, 0.5) is 0 Å². The van der Waals surface area contributed by atoms with Crippen molar-refractivity contribution in [1.82, 2.24) is 10.2 Å². The van der Waals surface area contributed by atoms with Crippen molar-refractivity contribution in [2.24, 2.45) is 0 Å². The molecule has 0 aromatic heterocycles. The Kier molecular flexibility index (Phi) is 8.84. The molecule has 6 nitrogen and oxygen atoms in total. The Hall–Kier alpha value is -0.690. The molecule has 0 aliphatic carbocycles. The molecule has 1 saturated heterocycles. The predicted molar refractivity (Wildman–Crippen MR) is 81.1 cm³/mol. The van der Waals surface area contributed by atoms with E-state index in [1.165, 1.54) is 0 Å². The third-order valence-corrected chi connectivity index (χ3v) is 3.68. The highest BCUT2D eigenvalue weighted by molar-refractivity contribution is 5.76. The second-order valence-electron chi connectivity index (χ2n) is 6.14. The zero-order valence-electron chi connectivity index (χ0n) is 13.5. The molecule has 6 heteroatoms. The number of esters is 1. The quantitative estimate of drug-likeness (QED) is 0.277. The van der Waals surface area contributed by atoms with Gasteiger partial charge >= 0.3 is 5.97 Å². The van der Waals surface area contributed by atoms with Gasteiger partial charge in [-0.25, -0.2) is 4.89 Å². The molecular formula is C15H30N2O4. The Bertz CT molecular complexity index is 299. The highest BCUT2D eigenvalue weighted by atomic mass is 17.1. The van der Waals surface area contributed by atoms with E-state index in [4.69, 9.17) is 9.99 Å². The molecule has 124 valence electrons. The number of hydrogen-bond acceptors (Lipinski definition) is 6. The topological polar surface area (TPSA) is 71.0 Å². The van der Waals surface area contributed by atoms with E-state index in [1.807, 2.05) is 13.8 Å². The van der Waals surface area contributed by atoms with Crippen LogP contribution in [0.5, 0.6) is 0 Å². The van der Waals surface area contributed by atoms with Crippen molar-refractivity contribution in [2.45, 2.75) is 64.1 Å². The Labute approximate surface area is 127 Å². The van der Waals surface area contributed by atoms with Crippen molar-refractivity contribution in [3.8, 4) is 0 Å². The van der Waals surface area contributed by atoms with Gasteiger partial charge in [-0.2, -0.15) is 0 Å². The Morgan fingerprint density at radius 3 is 2.76 bits per heavy atom. The van der Waals surface area contributed by atoms with Crippen LogP contribution in [0.15, 0.2) is 0 Å². The van der Waals surface area contributed by atoms with Gasteiger partial charge in [-0.3, -0.25) is 10.1 Å². The van der Waals surface area contributed by atoms with Gasteiger partial charge in [0.05, 0.1) is 12.7 Å². The fraction of sp³-hybridized carbons (Fsp3) is 0.933. The summed E-state index contributed by atoms with van der Waals surface area (Å²) in [6.45, 7) is 6.13. The molecular weight excluding hydrogens is 272 g/mol. The Morgan fingerprint density at radius 1 is 1.33 bits per heavy atom. The van der Waals surface area contributed by atoms with Crippen LogP contribution >= 0.6 is 0 Å². The third kappa shape index (κ3) is 7.76. The summed E-state index contributed by atoms with van der Waals surface area (Å²) in [5, 5.41) is 11.6. The van der Waals surface area contributed by atoms with Gasteiger partial charge in [-0.05, 0) is 59.5 Å². The third-order valence-electron chi connectivity index (χ3n) is 3.68. The summed E-state index contributed by atoms with van der Waals surface area (Å²) < 4.78 is 5.24. The molecule has 1 aliphatic rings. The average Bonchev–Trinajstić information content (AvgIpc) is 2.86. The van der Waals surface area contributed by atoms with Crippen molar-refractivity contribution in [1.29, 1.82) is 0 Å². The number of nitrogens with one attached hydrogen (secondary N) is 1. The number of likely N-dealkylation sites (N-methyl/N-ethyl adjacent to an activating group) is 1. The van der Waals surface area contributed by atoms with Crippen molar-refractivity contribution in [3.05, 3.63) is 0 Å². The number of hydrogen-bond donors (Lipinski definition) is 2. The minimum atomic E-state index is -0.146. The molecule has 1 fully saturated rings. The fourth-order valence-electron chi connectivity index (χ4n) is 2.66. The maximum absolute atomic E-state index is 11.8. The molecule has 2 N–H and O–H groups in total. The smallest absolute Gasteiger partial charge is 0.323 e. The summed E-state index contributed by atoms with van der Waals surface area (Å²) in [6.07, 6.45) is 4.84. The predicted octanol–water partition coefficient (Wildman–Crippen LogP) is 1.65. The summed E-state index contributed by atoms with van der Waals surface area (Å²) in [5.74, 6) is -0.126. The minimum Gasteiger partial charge on any atom is -0.462 e. The van der Waals surface area contributed by atoms with Crippen LogP contribution in [0.25, 0.3) is 0 Å². The number of carbonyl (C=O) groups excluding carboxylic acids is 1. The van der Waals surface area contributed by atoms with Crippen LogP contribution in [-0.2, 0) is 14.4 Å². The largest absolute Gasteiger partial charge is 0.462 e. The first-order valence-electron chi connectivity index (χ1n) is 7.94. The van der Waals surface area contributed by atoms with Crippen LogP contribution in [0, 0.1) is 0 Å². The zero-order chi connectivity index (χ0) is 15.7. The van der Waals surface area contributed by atoms with E-state index in [-0.39, 0.29) is 18.1 Å². The Morgan fingerprint density at radius 2 is 2.10 bits per heavy atom. The summed E-state index contributed by atoms with van der Waals surface area (Å²) in [4.78, 5) is 18.2. The molecule has 0 radical (unpaired) electrons. The molecule has 0 saturated carbocycles. The molecule has 2 unspecified atom stereocenters. The van der Waals surface area contributed by atoms with E-state index in [1.54, 1.807) is 0 Å². The van der Waals surface area contributed by atoms with Crippen LogP contribution in [0.1, 0.15) is 46.0 Å². The van der Waals surface area contributed by atoms with E-state index in [0.29, 0.717) is 12.6 Å². The molecule has 1 heterocycles. The first kappa shape index (κ1) is 18.4. The standard InChI is InChI=1S/C15H30N2O4/c1-12(2)21-15(18)14-8-7-13(16-14)11-17(3)9-5-4-6-10-20-19/h12-14,16,19H,4-11H2,1-3H3. The van der Waals surface area contributed by atoms with Crippen LogP contribution in [-0.4, -0.2) is 61.1 Å². The van der Waals surface area contributed by atoms with Gasteiger partial charge in [0.2, 0.25) is 0 Å². The SMILES string of the molecule is CC(C)OC(=O)C1CCC(CN(C)CCCCCOO)N1. The molecule has 0 aromatic rings. The van der Waals surface area contributed by atoms with E-state index < -0.39 is 0 Å². The second-order valence-corrected chi connectivity index (χ2v) is 6.14. The molecule has 0 aromatic carbocycles. The van der Waals surface area contributed by atoms with Gasteiger partial charge in [0.25, 0.3) is 0 Å². The fourth-order valence-corrected chi connectivity index (χ4v) is 2.66. The first-order valence-corrected chi connectivity index (χ1v) is 7.94. The van der Waals surface area contributed by atoms with Crippen LogP contribution in [0.3, 0.4) is 0 Å². The van der Waals surface area contributed by atoms with E-state index in [2.05, 4.69) is 22.2 Å². The first-order chi connectivity index (χ1) is 10.0. The molecule has 0 amide bonds. The lowest BCUT2D eigenvalue weighted by molar-refractivity contribution is -0.242. The van der Waals surface area contributed by atoms with Gasteiger partial charge < -0.3 is 15.0 Å². The normalized spacial score (nSPS) is 22.2. The molecule has 0 spiro atoms. The van der Waals surface area contributed by atoms with E-state index in [0.717, 1.165) is 45.2 Å². The summed E-state index contributed by atoms with van der Waals surface area (Å²) in [7, 11) is 2.10. The zero-order valence-corrected chi connectivity index (χ0v) is 13.5. The minimum absolute atomic E-state index is 0.0519. The van der Waals surface area contributed by atoms with Crippen molar-refractivity contribution >= 4 is 5.97 Å². The monoisotopic (exact) mass is 302 g/mol. The number of nitrogens with zero attached hydrogens (tertiary/aromatic N) is 1. The summed E-state index contributed by atoms with van der Waals surface area (Å²) in [5.41, 5.74) is 0. The molecule has 0 bridgehead atoms.